The van der Waals surface area contributed by atoms with Crippen molar-refractivity contribution in [3.63, 3.8) is 0 Å². The van der Waals surface area contributed by atoms with Crippen LogP contribution in [0.4, 0.5) is 0 Å². The highest BCUT2D eigenvalue weighted by Crippen LogP contribution is 2.21. The van der Waals surface area contributed by atoms with Gasteiger partial charge in [-0.2, -0.15) is 10.2 Å². The van der Waals surface area contributed by atoms with Gasteiger partial charge in [-0.3, -0.25) is 9.89 Å². The smallest absolute Gasteiger partial charge is 0.289 e. The van der Waals surface area contributed by atoms with Gasteiger partial charge >= 0.3 is 0 Å². The number of nitrogens with one attached hydrogen (secondary N) is 2. The standard InChI is InChI=1S/C19H17BrN4O2/c1-2-26-16-8-6-14(7-9-16)17-11-18(23-22-17)19(25)24-21-12-13-4-3-5-15(20)10-13/h3-12H,2H2,1H3,(H,22,23)(H,24,25)/b21-12+. The number of rotatable bonds is 6. The summed E-state index contributed by atoms with van der Waals surface area (Å²) in [6, 6.07) is 16.8. The van der Waals surface area contributed by atoms with Crippen LogP contribution in [0.3, 0.4) is 0 Å². The van der Waals surface area contributed by atoms with E-state index in [0.29, 0.717) is 18.0 Å². The first kappa shape index (κ1) is 17.9. The quantitative estimate of drug-likeness (QED) is 0.474. The van der Waals surface area contributed by atoms with Crippen LogP contribution in [0.15, 0.2) is 64.2 Å². The number of aromatic amines is 1. The molecule has 0 saturated heterocycles. The molecule has 1 aromatic heterocycles. The minimum Gasteiger partial charge on any atom is -0.494 e. The highest BCUT2D eigenvalue weighted by molar-refractivity contribution is 9.10. The molecule has 6 nitrogen and oxygen atoms in total. The van der Waals surface area contributed by atoms with Gasteiger partial charge in [0.1, 0.15) is 11.4 Å². The number of hydrogen-bond acceptors (Lipinski definition) is 4. The molecule has 2 N–H and O–H groups in total. The van der Waals surface area contributed by atoms with Crippen molar-refractivity contribution in [2.45, 2.75) is 6.92 Å². The highest BCUT2D eigenvalue weighted by Gasteiger charge is 2.10. The Hall–Kier alpha value is -2.93. The van der Waals surface area contributed by atoms with Crippen LogP contribution in [-0.4, -0.2) is 28.9 Å². The fraction of sp³-hybridized carbons (Fsp3) is 0.105. The Morgan fingerprint density at radius 3 is 2.81 bits per heavy atom. The molecule has 26 heavy (non-hydrogen) atoms. The van der Waals surface area contributed by atoms with Crippen LogP contribution >= 0.6 is 15.9 Å². The lowest BCUT2D eigenvalue weighted by Gasteiger charge is -2.02. The fourth-order valence-electron chi connectivity index (χ4n) is 2.29. The largest absolute Gasteiger partial charge is 0.494 e. The maximum atomic E-state index is 12.2. The molecule has 2 aromatic carbocycles. The molecule has 3 rings (SSSR count). The number of amides is 1. The Bertz CT molecular complexity index is 919. The van der Waals surface area contributed by atoms with Crippen LogP contribution in [0.2, 0.25) is 0 Å². The molecule has 0 aliphatic heterocycles. The van der Waals surface area contributed by atoms with E-state index in [9.17, 15) is 4.79 Å². The molecule has 0 saturated carbocycles. The molecule has 0 aliphatic carbocycles. The number of aromatic nitrogens is 2. The predicted octanol–water partition coefficient (Wildman–Crippen LogP) is 4.00. The average molecular weight is 413 g/mol. The number of carbonyl (C=O) groups excluding carboxylic acids is 1. The molecule has 0 fully saturated rings. The van der Waals surface area contributed by atoms with E-state index >= 15 is 0 Å². The highest BCUT2D eigenvalue weighted by atomic mass is 79.9. The van der Waals surface area contributed by atoms with Crippen LogP contribution in [0, 0.1) is 0 Å². The van der Waals surface area contributed by atoms with E-state index in [1.165, 1.54) is 0 Å². The monoisotopic (exact) mass is 412 g/mol. The van der Waals surface area contributed by atoms with Crippen molar-refractivity contribution in [3.8, 4) is 17.0 Å². The van der Waals surface area contributed by atoms with Gasteiger partial charge in [0.05, 0.1) is 18.5 Å². The van der Waals surface area contributed by atoms with Crippen molar-refractivity contribution >= 4 is 28.1 Å². The van der Waals surface area contributed by atoms with E-state index in [4.69, 9.17) is 4.74 Å². The number of H-pyrrole nitrogens is 1. The zero-order chi connectivity index (χ0) is 18.4. The number of hydrogen-bond donors (Lipinski definition) is 2. The second-order valence-electron chi connectivity index (χ2n) is 5.38. The number of nitrogens with zero attached hydrogens (tertiary/aromatic N) is 2. The third-order valence-corrected chi connectivity index (χ3v) is 4.01. The zero-order valence-corrected chi connectivity index (χ0v) is 15.7. The van der Waals surface area contributed by atoms with Gasteiger partial charge < -0.3 is 4.74 Å². The molecule has 7 heteroatoms. The molecule has 0 radical (unpaired) electrons. The van der Waals surface area contributed by atoms with E-state index < -0.39 is 0 Å². The maximum Gasteiger partial charge on any atom is 0.289 e. The maximum absolute atomic E-state index is 12.2. The minimum absolute atomic E-state index is 0.334. The summed E-state index contributed by atoms with van der Waals surface area (Å²) >= 11 is 3.39. The molecule has 0 unspecified atom stereocenters. The van der Waals surface area contributed by atoms with Gasteiger partial charge in [0.15, 0.2) is 0 Å². The molecule has 132 valence electrons. The number of carbonyl (C=O) groups is 1. The first-order valence-corrected chi connectivity index (χ1v) is 8.82. The number of halogens is 1. The summed E-state index contributed by atoms with van der Waals surface area (Å²) in [7, 11) is 0. The second-order valence-corrected chi connectivity index (χ2v) is 6.29. The lowest BCUT2D eigenvalue weighted by atomic mass is 10.1. The third-order valence-electron chi connectivity index (χ3n) is 3.51. The zero-order valence-electron chi connectivity index (χ0n) is 14.1. The second kappa shape index (κ2) is 8.44. The fourth-order valence-corrected chi connectivity index (χ4v) is 2.70. The molecule has 1 amide bonds. The Morgan fingerprint density at radius 1 is 1.27 bits per heavy atom. The van der Waals surface area contributed by atoms with E-state index in [0.717, 1.165) is 21.3 Å². The Labute approximate surface area is 159 Å². The molecular weight excluding hydrogens is 396 g/mol. The van der Waals surface area contributed by atoms with Crippen LogP contribution in [0.25, 0.3) is 11.3 Å². The lowest BCUT2D eigenvalue weighted by molar-refractivity contribution is 0.0950. The van der Waals surface area contributed by atoms with Gasteiger partial charge in [-0.1, -0.05) is 28.1 Å². The average Bonchev–Trinajstić information content (AvgIpc) is 3.13. The third kappa shape index (κ3) is 4.58. The van der Waals surface area contributed by atoms with E-state index in [-0.39, 0.29) is 5.91 Å². The van der Waals surface area contributed by atoms with Gasteiger partial charge in [-0.05, 0) is 55.0 Å². The van der Waals surface area contributed by atoms with Crippen LogP contribution in [0.1, 0.15) is 23.0 Å². The van der Waals surface area contributed by atoms with Crippen molar-refractivity contribution in [1.29, 1.82) is 0 Å². The van der Waals surface area contributed by atoms with Crippen molar-refractivity contribution in [1.82, 2.24) is 15.6 Å². The van der Waals surface area contributed by atoms with E-state index in [1.807, 2.05) is 55.5 Å². The van der Waals surface area contributed by atoms with E-state index in [2.05, 4.69) is 36.7 Å². The summed E-state index contributed by atoms with van der Waals surface area (Å²) in [6.45, 7) is 2.55. The number of ether oxygens (including phenoxy) is 1. The van der Waals surface area contributed by atoms with E-state index in [1.54, 1.807) is 12.3 Å². The molecule has 3 aromatic rings. The van der Waals surface area contributed by atoms with Crippen LogP contribution in [-0.2, 0) is 0 Å². The van der Waals surface area contributed by atoms with Crippen molar-refractivity contribution in [2.24, 2.45) is 5.10 Å². The first-order chi connectivity index (χ1) is 12.7. The van der Waals surface area contributed by atoms with Crippen molar-refractivity contribution in [3.05, 3.63) is 70.3 Å². The molecular formula is C19H17BrN4O2. The lowest BCUT2D eigenvalue weighted by Crippen LogP contribution is -2.17. The number of benzene rings is 2. The summed E-state index contributed by atoms with van der Waals surface area (Å²) in [5.41, 5.74) is 5.25. The summed E-state index contributed by atoms with van der Waals surface area (Å²) in [5, 5.41) is 10.9. The summed E-state index contributed by atoms with van der Waals surface area (Å²) in [6.07, 6.45) is 1.58. The van der Waals surface area contributed by atoms with Crippen LogP contribution in [0.5, 0.6) is 5.75 Å². The normalized spacial score (nSPS) is 10.8. The Balaban J connectivity index is 1.64. The Kier molecular flexibility index (Phi) is 5.80. The molecule has 0 atom stereocenters. The molecule has 0 bridgehead atoms. The first-order valence-electron chi connectivity index (χ1n) is 8.03. The summed E-state index contributed by atoms with van der Waals surface area (Å²) < 4.78 is 6.36. The summed E-state index contributed by atoms with van der Waals surface area (Å²) in [5.74, 6) is 0.438. The topological polar surface area (TPSA) is 79.4 Å². The summed E-state index contributed by atoms with van der Waals surface area (Å²) in [4.78, 5) is 12.2. The molecule has 0 aliphatic rings. The molecule has 0 spiro atoms. The number of hydrazone groups is 1. The van der Waals surface area contributed by atoms with Gasteiger partial charge in [-0.25, -0.2) is 5.43 Å². The van der Waals surface area contributed by atoms with Crippen LogP contribution < -0.4 is 10.2 Å². The predicted molar refractivity (Wildman–Crippen MR) is 104 cm³/mol. The minimum atomic E-state index is -0.360. The van der Waals surface area contributed by atoms with Gasteiger partial charge in [0, 0.05) is 10.0 Å². The SMILES string of the molecule is CCOc1ccc(-c2cc(C(=O)N/N=C/c3cccc(Br)c3)[nH]n2)cc1. The molecule has 1 heterocycles. The van der Waals surface area contributed by atoms with Gasteiger partial charge in [0.2, 0.25) is 0 Å². The van der Waals surface area contributed by atoms with Crippen molar-refractivity contribution in [2.75, 3.05) is 6.61 Å². The van der Waals surface area contributed by atoms with Gasteiger partial charge in [0.25, 0.3) is 5.91 Å². The van der Waals surface area contributed by atoms with Gasteiger partial charge in [-0.15, -0.1) is 0 Å². The van der Waals surface area contributed by atoms with Crippen molar-refractivity contribution < 1.29 is 9.53 Å². The Morgan fingerprint density at radius 2 is 2.08 bits per heavy atom.